The standard InChI is InChI=1S/C42H26N6O2/c1-5-15-31-25(11-1)35-27-13-3-7-17-33(27)49-41(35)47(31)37-29(39-43-21-9-22-44-39)19-20-30(40-45-23-10-24-46-40)38(37)48-32-16-6-2-12-26(32)36-28-14-4-8-18-34(28)50-42(36)48/h1-24,35,41H. The number of ether oxygens (including phenoxy) is 1. The van der Waals surface area contributed by atoms with Crippen LogP contribution in [0.3, 0.4) is 0 Å². The van der Waals surface area contributed by atoms with Gasteiger partial charge in [0.05, 0.1) is 28.2 Å². The van der Waals surface area contributed by atoms with Crippen LogP contribution in [0.25, 0.3) is 61.4 Å². The number of para-hydroxylation sites is 4. The van der Waals surface area contributed by atoms with Crippen LogP contribution in [0, 0.1) is 0 Å². The first-order valence-electron chi connectivity index (χ1n) is 16.6. The number of furan rings is 1. The zero-order valence-corrected chi connectivity index (χ0v) is 26.5. The van der Waals surface area contributed by atoms with Crippen LogP contribution in [0.15, 0.2) is 151 Å². The molecule has 0 fully saturated rings. The van der Waals surface area contributed by atoms with E-state index in [9.17, 15) is 0 Å². The molecule has 0 aliphatic carbocycles. The molecule has 50 heavy (non-hydrogen) atoms. The molecular formula is C42H26N6O2. The van der Waals surface area contributed by atoms with Crippen LogP contribution in [-0.2, 0) is 0 Å². The Labute approximate surface area is 285 Å². The van der Waals surface area contributed by atoms with Crippen LogP contribution in [-0.4, -0.2) is 30.7 Å². The van der Waals surface area contributed by atoms with Crippen molar-refractivity contribution < 1.29 is 9.15 Å². The van der Waals surface area contributed by atoms with Crippen molar-refractivity contribution in [2.24, 2.45) is 0 Å². The minimum atomic E-state index is -0.369. The highest BCUT2D eigenvalue weighted by Gasteiger charge is 2.49. The first-order valence-corrected chi connectivity index (χ1v) is 16.6. The van der Waals surface area contributed by atoms with E-state index in [1.54, 1.807) is 24.8 Å². The Hall–Kier alpha value is -6.80. The SMILES string of the molecule is c1cnc(-c2ccc(-c3ncccn3)c(-n3c4ccccc4c4c5ccccc5oc43)c2N2c3ccccc3C3c4ccccc4OC32)nc1. The third-order valence-corrected chi connectivity index (χ3v) is 10.00. The number of aromatic nitrogens is 5. The lowest BCUT2D eigenvalue weighted by Crippen LogP contribution is -2.33. The normalized spacial score (nSPS) is 16.1. The molecule has 0 spiro atoms. The zero-order valence-electron chi connectivity index (χ0n) is 26.5. The topological polar surface area (TPSA) is 82.1 Å². The van der Waals surface area contributed by atoms with Crippen LogP contribution in [0.2, 0.25) is 0 Å². The van der Waals surface area contributed by atoms with Gasteiger partial charge in [0, 0.05) is 57.9 Å². The van der Waals surface area contributed by atoms with E-state index in [2.05, 4.69) is 100 Å². The molecule has 8 nitrogen and oxygen atoms in total. The number of fused-ring (bicyclic) bond motifs is 10. The molecule has 0 bridgehead atoms. The summed E-state index contributed by atoms with van der Waals surface area (Å²) in [5, 5.41) is 3.19. The number of benzene rings is 5. The van der Waals surface area contributed by atoms with Gasteiger partial charge in [-0.15, -0.1) is 0 Å². The molecule has 2 unspecified atom stereocenters. The van der Waals surface area contributed by atoms with Gasteiger partial charge < -0.3 is 14.1 Å². The maximum absolute atomic E-state index is 6.93. The highest BCUT2D eigenvalue weighted by Crippen LogP contribution is 2.58. The molecular weight excluding hydrogens is 621 g/mol. The molecule has 0 N–H and O–H groups in total. The Morgan fingerprint density at radius 3 is 1.94 bits per heavy atom. The lowest BCUT2D eigenvalue weighted by Gasteiger charge is -2.31. The molecule has 4 aromatic heterocycles. The fourth-order valence-electron chi connectivity index (χ4n) is 8.02. The van der Waals surface area contributed by atoms with Crippen LogP contribution in [0.4, 0.5) is 11.4 Å². The highest BCUT2D eigenvalue weighted by molar-refractivity contribution is 6.20. The van der Waals surface area contributed by atoms with Crippen molar-refractivity contribution in [1.82, 2.24) is 24.5 Å². The van der Waals surface area contributed by atoms with Gasteiger partial charge in [-0.3, -0.25) is 4.57 Å². The van der Waals surface area contributed by atoms with E-state index in [1.807, 2.05) is 30.3 Å². The molecule has 8 heteroatoms. The predicted molar refractivity (Wildman–Crippen MR) is 194 cm³/mol. The second-order valence-electron chi connectivity index (χ2n) is 12.6. The van der Waals surface area contributed by atoms with E-state index in [0.717, 1.165) is 66.9 Å². The van der Waals surface area contributed by atoms with Crippen LogP contribution in [0.1, 0.15) is 17.0 Å². The number of rotatable bonds is 4. The van der Waals surface area contributed by atoms with Crippen molar-refractivity contribution in [1.29, 1.82) is 0 Å². The lowest BCUT2D eigenvalue weighted by atomic mass is 9.93. The van der Waals surface area contributed by atoms with Crippen molar-refractivity contribution in [2.75, 3.05) is 4.90 Å². The van der Waals surface area contributed by atoms with E-state index in [0.29, 0.717) is 11.6 Å². The van der Waals surface area contributed by atoms with E-state index in [4.69, 9.17) is 29.1 Å². The minimum absolute atomic E-state index is 0.0101. The summed E-state index contributed by atoms with van der Waals surface area (Å²) in [6.07, 6.45) is 6.76. The molecule has 0 saturated heterocycles. The maximum Gasteiger partial charge on any atom is 0.213 e. The fourth-order valence-corrected chi connectivity index (χ4v) is 8.02. The summed E-state index contributed by atoms with van der Waals surface area (Å²) < 4.78 is 16.0. The van der Waals surface area contributed by atoms with Gasteiger partial charge in [-0.25, -0.2) is 19.9 Å². The van der Waals surface area contributed by atoms with Crippen molar-refractivity contribution in [2.45, 2.75) is 12.1 Å². The van der Waals surface area contributed by atoms with Crippen LogP contribution < -0.4 is 9.64 Å². The molecule has 0 radical (unpaired) electrons. The number of hydrogen-bond donors (Lipinski definition) is 0. The molecule has 0 amide bonds. The van der Waals surface area contributed by atoms with Gasteiger partial charge in [-0.1, -0.05) is 72.8 Å². The Kier molecular flexibility index (Phi) is 5.63. The number of hydrogen-bond acceptors (Lipinski definition) is 7. The molecule has 236 valence electrons. The first kappa shape index (κ1) is 27.2. The molecule has 9 aromatic rings. The third kappa shape index (κ3) is 3.70. The van der Waals surface area contributed by atoms with Gasteiger partial charge >= 0.3 is 0 Å². The summed E-state index contributed by atoms with van der Waals surface area (Å²) in [6.45, 7) is 0. The van der Waals surface area contributed by atoms with Gasteiger partial charge in [-0.05, 0) is 54.1 Å². The molecule has 2 aliphatic rings. The smallest absolute Gasteiger partial charge is 0.213 e. The quantitative estimate of drug-likeness (QED) is 0.188. The van der Waals surface area contributed by atoms with Gasteiger partial charge in [0.2, 0.25) is 5.71 Å². The van der Waals surface area contributed by atoms with Crippen molar-refractivity contribution in [3.05, 3.63) is 157 Å². The van der Waals surface area contributed by atoms with Crippen molar-refractivity contribution >= 4 is 44.3 Å². The summed E-state index contributed by atoms with van der Waals surface area (Å²) in [6, 6.07) is 41.4. The summed E-state index contributed by atoms with van der Waals surface area (Å²) in [7, 11) is 0. The van der Waals surface area contributed by atoms with Crippen molar-refractivity contribution in [3.8, 4) is 34.2 Å². The largest absolute Gasteiger partial charge is 0.469 e. The lowest BCUT2D eigenvalue weighted by molar-refractivity contribution is 0.234. The Balaban J connectivity index is 1.33. The van der Waals surface area contributed by atoms with E-state index in [-0.39, 0.29) is 12.1 Å². The number of nitrogens with zero attached hydrogens (tertiary/aromatic N) is 6. The first-order chi connectivity index (χ1) is 24.8. The van der Waals surface area contributed by atoms with Gasteiger partial charge in [0.25, 0.3) is 0 Å². The average molecular weight is 647 g/mol. The fraction of sp³-hybridized carbons (Fsp3) is 0.0476. The Morgan fingerprint density at radius 2 is 1.16 bits per heavy atom. The molecule has 2 aliphatic heterocycles. The number of anilines is 2. The average Bonchev–Trinajstić information content (AvgIpc) is 3.91. The molecule has 5 aromatic carbocycles. The summed E-state index contributed by atoms with van der Waals surface area (Å²) >= 11 is 0. The Bertz CT molecular complexity index is 2770. The zero-order chi connectivity index (χ0) is 32.8. The van der Waals surface area contributed by atoms with Gasteiger partial charge in [-0.2, -0.15) is 0 Å². The van der Waals surface area contributed by atoms with Crippen molar-refractivity contribution in [3.63, 3.8) is 0 Å². The van der Waals surface area contributed by atoms with E-state index < -0.39 is 0 Å². The summed E-state index contributed by atoms with van der Waals surface area (Å²) in [5.74, 6) is 2.06. The van der Waals surface area contributed by atoms with E-state index in [1.165, 1.54) is 11.1 Å². The Morgan fingerprint density at radius 1 is 0.540 bits per heavy atom. The summed E-state index contributed by atoms with van der Waals surface area (Å²) in [5.41, 5.74) is 9.36. The minimum Gasteiger partial charge on any atom is -0.469 e. The van der Waals surface area contributed by atoms with Crippen LogP contribution in [0.5, 0.6) is 5.75 Å². The van der Waals surface area contributed by atoms with Gasteiger partial charge in [0.1, 0.15) is 11.3 Å². The van der Waals surface area contributed by atoms with E-state index >= 15 is 0 Å². The monoisotopic (exact) mass is 646 g/mol. The molecule has 11 rings (SSSR count). The molecule has 2 atom stereocenters. The summed E-state index contributed by atoms with van der Waals surface area (Å²) in [4.78, 5) is 21.5. The molecule has 6 heterocycles. The van der Waals surface area contributed by atoms with Gasteiger partial charge in [0.15, 0.2) is 17.9 Å². The van der Waals surface area contributed by atoms with Crippen LogP contribution >= 0.6 is 0 Å². The molecule has 0 saturated carbocycles. The second kappa shape index (κ2) is 10.3. The highest BCUT2D eigenvalue weighted by atomic mass is 16.5. The third-order valence-electron chi connectivity index (χ3n) is 10.00. The maximum atomic E-state index is 6.93. The predicted octanol–water partition coefficient (Wildman–Crippen LogP) is 9.45. The second-order valence-corrected chi connectivity index (χ2v) is 12.6.